The van der Waals surface area contributed by atoms with Gasteiger partial charge in [0.25, 0.3) is 0 Å². The molecule has 2 rings (SSSR count). The lowest BCUT2D eigenvalue weighted by atomic mass is 10.2. The predicted molar refractivity (Wildman–Crippen MR) is 122 cm³/mol. The Hall–Kier alpha value is -1.40. The van der Waals surface area contributed by atoms with E-state index in [2.05, 4.69) is 25.8 Å². The van der Waals surface area contributed by atoms with Gasteiger partial charge in [-0.25, -0.2) is 13.4 Å². The molecule has 28 heavy (non-hydrogen) atoms. The van der Waals surface area contributed by atoms with Crippen LogP contribution in [-0.2, 0) is 16.4 Å². The van der Waals surface area contributed by atoms with E-state index >= 15 is 0 Å². The Morgan fingerprint density at radius 1 is 1.32 bits per heavy atom. The first-order valence-corrected chi connectivity index (χ1v) is 11.0. The standard InChI is InChI=1S/C17H24ClN5O3S.HI/c1-4-19-17(21-12(2)9-10-27(3,24)25)20-11-15-22-16(23-26-15)13-5-7-14(18)8-6-13;/h5-8,12H,4,9-11H2,1-3H3,(H2,19,20,21);1H. The van der Waals surface area contributed by atoms with Crippen molar-refractivity contribution in [2.24, 2.45) is 4.99 Å². The van der Waals surface area contributed by atoms with Crippen molar-refractivity contribution in [3.8, 4) is 11.4 Å². The molecule has 1 heterocycles. The van der Waals surface area contributed by atoms with Crippen molar-refractivity contribution in [2.75, 3.05) is 18.6 Å². The average Bonchev–Trinajstić information content (AvgIpc) is 3.07. The van der Waals surface area contributed by atoms with Crippen molar-refractivity contribution >= 4 is 51.4 Å². The Kier molecular flexibility index (Phi) is 10.2. The molecule has 0 bridgehead atoms. The van der Waals surface area contributed by atoms with Crippen LogP contribution in [0.25, 0.3) is 11.4 Å². The summed E-state index contributed by atoms with van der Waals surface area (Å²) in [5.74, 6) is 1.52. The van der Waals surface area contributed by atoms with E-state index in [0.717, 1.165) is 5.56 Å². The largest absolute Gasteiger partial charge is 0.357 e. The van der Waals surface area contributed by atoms with Crippen LogP contribution < -0.4 is 10.6 Å². The number of halogens is 2. The Morgan fingerprint density at radius 3 is 2.61 bits per heavy atom. The normalized spacial score (nSPS) is 12.9. The molecule has 1 aromatic carbocycles. The fraction of sp³-hybridized carbons (Fsp3) is 0.471. The Morgan fingerprint density at radius 2 is 2.00 bits per heavy atom. The van der Waals surface area contributed by atoms with Gasteiger partial charge in [-0.2, -0.15) is 4.98 Å². The summed E-state index contributed by atoms with van der Waals surface area (Å²) in [6.45, 7) is 4.73. The highest BCUT2D eigenvalue weighted by Gasteiger charge is 2.11. The predicted octanol–water partition coefficient (Wildman–Crippen LogP) is 2.89. The van der Waals surface area contributed by atoms with E-state index in [-0.39, 0.29) is 42.3 Å². The van der Waals surface area contributed by atoms with Gasteiger partial charge in [0.15, 0.2) is 5.96 Å². The third-order valence-corrected chi connectivity index (χ3v) is 4.82. The molecular formula is C17H25ClIN5O3S. The monoisotopic (exact) mass is 541 g/mol. The molecule has 2 aromatic rings. The van der Waals surface area contributed by atoms with Crippen LogP contribution in [0.4, 0.5) is 0 Å². The fourth-order valence-corrected chi connectivity index (χ4v) is 3.11. The number of hydrogen-bond acceptors (Lipinski definition) is 6. The molecule has 0 radical (unpaired) electrons. The number of hydrogen-bond donors (Lipinski definition) is 2. The summed E-state index contributed by atoms with van der Waals surface area (Å²) in [4.78, 5) is 8.74. The van der Waals surface area contributed by atoms with Crippen LogP contribution in [0, 0.1) is 0 Å². The number of nitrogens with one attached hydrogen (secondary N) is 2. The van der Waals surface area contributed by atoms with Crippen LogP contribution >= 0.6 is 35.6 Å². The lowest BCUT2D eigenvalue weighted by Gasteiger charge is -2.17. The summed E-state index contributed by atoms with van der Waals surface area (Å²) in [6.07, 6.45) is 1.72. The van der Waals surface area contributed by atoms with Gasteiger partial charge in [-0.15, -0.1) is 24.0 Å². The zero-order chi connectivity index (χ0) is 19.9. The zero-order valence-corrected chi connectivity index (χ0v) is 19.9. The van der Waals surface area contributed by atoms with Crippen LogP contribution in [0.3, 0.4) is 0 Å². The fourth-order valence-electron chi connectivity index (χ4n) is 2.20. The van der Waals surface area contributed by atoms with Crippen molar-refractivity contribution in [1.82, 2.24) is 20.8 Å². The number of nitrogens with zero attached hydrogens (tertiary/aromatic N) is 3. The molecule has 0 aliphatic carbocycles. The molecule has 156 valence electrons. The van der Waals surface area contributed by atoms with Gasteiger partial charge in [-0.3, -0.25) is 0 Å². The summed E-state index contributed by atoms with van der Waals surface area (Å²) in [5, 5.41) is 10.9. The number of rotatable bonds is 8. The Bertz CT molecular complexity index is 871. The van der Waals surface area contributed by atoms with Gasteiger partial charge < -0.3 is 15.2 Å². The Balaban J connectivity index is 0.00000392. The SMILES string of the molecule is CCNC(=NCc1nc(-c2ccc(Cl)cc2)no1)NC(C)CCS(C)(=O)=O.I. The quantitative estimate of drug-likeness (QED) is 0.300. The second-order valence-electron chi connectivity index (χ2n) is 6.18. The second-order valence-corrected chi connectivity index (χ2v) is 8.87. The van der Waals surface area contributed by atoms with Crippen LogP contribution in [-0.4, -0.2) is 49.1 Å². The minimum atomic E-state index is -2.99. The third kappa shape index (κ3) is 8.74. The minimum Gasteiger partial charge on any atom is -0.357 e. The molecular weight excluding hydrogens is 517 g/mol. The molecule has 0 aliphatic rings. The van der Waals surface area contributed by atoms with Gasteiger partial charge in [-0.1, -0.05) is 16.8 Å². The van der Waals surface area contributed by atoms with E-state index in [4.69, 9.17) is 16.1 Å². The number of benzene rings is 1. The van der Waals surface area contributed by atoms with Gasteiger partial charge in [0.2, 0.25) is 11.7 Å². The van der Waals surface area contributed by atoms with E-state index in [1.807, 2.05) is 26.0 Å². The molecule has 0 amide bonds. The van der Waals surface area contributed by atoms with Crippen LogP contribution in [0.5, 0.6) is 0 Å². The number of aromatic nitrogens is 2. The highest BCUT2D eigenvalue weighted by atomic mass is 127. The van der Waals surface area contributed by atoms with Gasteiger partial charge in [0.1, 0.15) is 16.4 Å². The van der Waals surface area contributed by atoms with Gasteiger partial charge in [0.05, 0.1) is 5.75 Å². The lowest BCUT2D eigenvalue weighted by molar-refractivity contribution is 0.380. The maximum atomic E-state index is 11.3. The van der Waals surface area contributed by atoms with E-state index < -0.39 is 9.84 Å². The van der Waals surface area contributed by atoms with Gasteiger partial charge >= 0.3 is 0 Å². The molecule has 8 nitrogen and oxygen atoms in total. The van der Waals surface area contributed by atoms with Crippen molar-refractivity contribution in [2.45, 2.75) is 32.9 Å². The molecule has 1 atom stereocenters. The molecule has 11 heteroatoms. The smallest absolute Gasteiger partial charge is 0.248 e. The number of guanidine groups is 1. The molecule has 1 aromatic heterocycles. The highest BCUT2D eigenvalue weighted by molar-refractivity contribution is 14.0. The third-order valence-electron chi connectivity index (χ3n) is 3.59. The van der Waals surface area contributed by atoms with E-state index in [1.54, 1.807) is 12.1 Å². The first kappa shape index (κ1) is 24.6. The topological polar surface area (TPSA) is 109 Å². The summed E-state index contributed by atoms with van der Waals surface area (Å²) in [5.41, 5.74) is 0.804. The molecule has 0 saturated carbocycles. The molecule has 0 spiro atoms. The highest BCUT2D eigenvalue weighted by Crippen LogP contribution is 2.18. The van der Waals surface area contributed by atoms with Crippen LogP contribution in [0.2, 0.25) is 5.02 Å². The summed E-state index contributed by atoms with van der Waals surface area (Å²) in [6, 6.07) is 7.10. The molecule has 0 aliphatic heterocycles. The van der Waals surface area contributed by atoms with E-state index in [9.17, 15) is 8.42 Å². The van der Waals surface area contributed by atoms with Crippen LogP contribution in [0.15, 0.2) is 33.8 Å². The van der Waals surface area contributed by atoms with Crippen molar-refractivity contribution in [3.63, 3.8) is 0 Å². The molecule has 0 saturated heterocycles. The average molecular weight is 542 g/mol. The molecule has 1 unspecified atom stereocenters. The van der Waals surface area contributed by atoms with Crippen molar-refractivity contribution in [3.05, 3.63) is 35.2 Å². The summed E-state index contributed by atoms with van der Waals surface area (Å²) < 4.78 is 27.8. The van der Waals surface area contributed by atoms with Gasteiger partial charge in [-0.05, 0) is 44.5 Å². The van der Waals surface area contributed by atoms with Gasteiger partial charge in [0, 0.05) is 29.4 Å². The first-order chi connectivity index (χ1) is 12.8. The van der Waals surface area contributed by atoms with E-state index in [1.165, 1.54) is 6.26 Å². The first-order valence-electron chi connectivity index (χ1n) is 8.58. The summed E-state index contributed by atoms with van der Waals surface area (Å²) in [7, 11) is -2.99. The van der Waals surface area contributed by atoms with Crippen LogP contribution in [0.1, 0.15) is 26.2 Å². The molecule has 0 fully saturated rings. The molecule has 2 N–H and O–H groups in total. The minimum absolute atomic E-state index is 0. The maximum absolute atomic E-state index is 11.3. The lowest BCUT2D eigenvalue weighted by Crippen LogP contribution is -2.42. The van der Waals surface area contributed by atoms with Crippen molar-refractivity contribution < 1.29 is 12.9 Å². The Labute approximate surface area is 187 Å². The van der Waals surface area contributed by atoms with Crippen molar-refractivity contribution in [1.29, 1.82) is 0 Å². The zero-order valence-electron chi connectivity index (χ0n) is 16.0. The second kappa shape index (κ2) is 11.6. The summed E-state index contributed by atoms with van der Waals surface area (Å²) >= 11 is 5.88. The van der Waals surface area contributed by atoms with E-state index in [0.29, 0.717) is 35.7 Å². The number of aliphatic imine (C=N–C) groups is 1. The number of sulfone groups is 1. The maximum Gasteiger partial charge on any atom is 0.248 e.